The second-order valence-corrected chi connectivity index (χ2v) is 4.10. The average molecular weight is 186 g/mol. The maximum Gasteiger partial charge on any atom is 0.264 e. The molecule has 3 nitrogen and oxygen atoms in total. The topological polar surface area (TPSA) is 43.4 Å². The zero-order valence-corrected chi connectivity index (χ0v) is 7.54. The zero-order chi connectivity index (χ0) is 9.03. The summed E-state index contributed by atoms with van der Waals surface area (Å²) in [6, 6.07) is 9.16. The fraction of sp³-hybridized carbons (Fsp3) is 0.250. The number of rotatable bonds is 3. The highest BCUT2D eigenvalue weighted by Crippen LogP contribution is 2.02. The molecule has 0 saturated heterocycles. The molecule has 1 rings (SSSR count). The van der Waals surface area contributed by atoms with E-state index in [1.165, 1.54) is 0 Å². The van der Waals surface area contributed by atoms with E-state index in [4.69, 9.17) is 0 Å². The first-order valence-electron chi connectivity index (χ1n) is 3.46. The van der Waals surface area contributed by atoms with Crippen LogP contribution in [0.15, 0.2) is 30.3 Å². The van der Waals surface area contributed by atoms with Gasteiger partial charge >= 0.3 is 0 Å². The Bertz CT molecular complexity index is 329. The van der Waals surface area contributed by atoms with Crippen molar-refractivity contribution >= 4 is 10.1 Å². The Hall–Kier alpha value is -0.870. The predicted octanol–water partition coefficient (Wildman–Crippen LogP) is 1.16. The molecule has 1 aromatic rings. The molecule has 0 aliphatic heterocycles. The first kappa shape index (κ1) is 9.22. The molecule has 0 aliphatic rings. The molecule has 0 unspecified atom stereocenters. The lowest BCUT2D eigenvalue weighted by Gasteiger charge is -1.99. The van der Waals surface area contributed by atoms with Crippen molar-refractivity contribution in [1.29, 1.82) is 0 Å². The standard InChI is InChI=1S/C8H10O3S/c1-12(9,10)11-7-8-5-3-2-4-6-8/h2-6H,7H2,1H3. The van der Waals surface area contributed by atoms with Crippen LogP contribution in [0.4, 0.5) is 0 Å². The summed E-state index contributed by atoms with van der Waals surface area (Å²) in [7, 11) is -3.32. The van der Waals surface area contributed by atoms with Crippen LogP contribution in [0.2, 0.25) is 0 Å². The van der Waals surface area contributed by atoms with Crippen LogP contribution in [0.5, 0.6) is 0 Å². The highest BCUT2D eigenvalue weighted by molar-refractivity contribution is 7.85. The normalized spacial score (nSPS) is 11.4. The summed E-state index contributed by atoms with van der Waals surface area (Å²) in [6.45, 7) is 0.111. The van der Waals surface area contributed by atoms with Crippen LogP contribution in [0.3, 0.4) is 0 Å². The predicted molar refractivity (Wildman–Crippen MR) is 46.1 cm³/mol. The second-order valence-electron chi connectivity index (χ2n) is 2.45. The monoisotopic (exact) mass is 186 g/mol. The Balaban J connectivity index is 2.56. The molecule has 0 atom stereocenters. The molecule has 4 heteroatoms. The first-order valence-corrected chi connectivity index (χ1v) is 5.28. The van der Waals surface area contributed by atoms with Crippen LogP contribution in [0.25, 0.3) is 0 Å². The van der Waals surface area contributed by atoms with Crippen LogP contribution in [0, 0.1) is 0 Å². The van der Waals surface area contributed by atoms with Crippen LogP contribution in [-0.4, -0.2) is 14.7 Å². The van der Waals surface area contributed by atoms with Crippen molar-refractivity contribution in [3.8, 4) is 0 Å². The van der Waals surface area contributed by atoms with Crippen LogP contribution in [-0.2, 0) is 20.9 Å². The molecular formula is C8H10O3S. The summed E-state index contributed by atoms with van der Waals surface area (Å²) in [5.41, 5.74) is 0.850. The van der Waals surface area contributed by atoms with Gasteiger partial charge in [0.05, 0.1) is 12.9 Å². The summed E-state index contributed by atoms with van der Waals surface area (Å²) in [6.07, 6.45) is 1.04. The number of hydrogen-bond donors (Lipinski definition) is 0. The van der Waals surface area contributed by atoms with Gasteiger partial charge in [-0.3, -0.25) is 4.18 Å². The highest BCUT2D eigenvalue weighted by atomic mass is 32.2. The maximum absolute atomic E-state index is 10.6. The van der Waals surface area contributed by atoms with E-state index < -0.39 is 10.1 Å². The van der Waals surface area contributed by atoms with Gasteiger partial charge in [-0.15, -0.1) is 0 Å². The van der Waals surface area contributed by atoms with Crippen LogP contribution >= 0.6 is 0 Å². The third-order valence-electron chi connectivity index (χ3n) is 1.28. The van der Waals surface area contributed by atoms with Gasteiger partial charge in [0.2, 0.25) is 0 Å². The fourth-order valence-electron chi connectivity index (χ4n) is 0.749. The van der Waals surface area contributed by atoms with Crippen molar-refractivity contribution in [2.75, 3.05) is 6.26 Å². The van der Waals surface area contributed by atoms with Gasteiger partial charge in [-0.2, -0.15) is 8.42 Å². The minimum atomic E-state index is -3.32. The van der Waals surface area contributed by atoms with E-state index in [1.54, 1.807) is 0 Å². The van der Waals surface area contributed by atoms with Crippen LogP contribution < -0.4 is 0 Å². The first-order chi connectivity index (χ1) is 5.58. The Labute approximate surface area is 72.1 Å². The summed E-state index contributed by atoms with van der Waals surface area (Å²) < 4.78 is 25.8. The summed E-state index contributed by atoms with van der Waals surface area (Å²) in [5, 5.41) is 0. The molecule has 66 valence electrons. The third-order valence-corrected chi connectivity index (χ3v) is 1.83. The summed E-state index contributed by atoms with van der Waals surface area (Å²) in [4.78, 5) is 0. The maximum atomic E-state index is 10.6. The van der Waals surface area contributed by atoms with Crippen molar-refractivity contribution < 1.29 is 12.6 Å². The van der Waals surface area contributed by atoms with Gasteiger partial charge in [-0.1, -0.05) is 30.3 Å². The van der Waals surface area contributed by atoms with Gasteiger partial charge in [-0.05, 0) is 5.56 Å². The lowest BCUT2D eigenvalue weighted by molar-refractivity contribution is 0.311. The second kappa shape index (κ2) is 3.69. The third kappa shape index (κ3) is 3.50. The van der Waals surface area contributed by atoms with Gasteiger partial charge in [0, 0.05) is 0 Å². The van der Waals surface area contributed by atoms with Gasteiger partial charge in [0.1, 0.15) is 0 Å². The lowest BCUT2D eigenvalue weighted by Crippen LogP contribution is -2.02. The number of benzene rings is 1. The molecule has 12 heavy (non-hydrogen) atoms. The SMILES string of the molecule is CS(=O)(=O)OCc1ccccc1. The molecule has 0 bridgehead atoms. The van der Waals surface area contributed by atoms with E-state index in [-0.39, 0.29) is 6.61 Å². The molecular weight excluding hydrogens is 176 g/mol. The van der Waals surface area contributed by atoms with Gasteiger partial charge in [0.25, 0.3) is 10.1 Å². The molecule has 0 radical (unpaired) electrons. The van der Waals surface area contributed by atoms with Crippen molar-refractivity contribution in [3.63, 3.8) is 0 Å². The lowest BCUT2D eigenvalue weighted by atomic mass is 10.2. The zero-order valence-electron chi connectivity index (χ0n) is 6.73. The minimum absolute atomic E-state index is 0.111. The Kier molecular flexibility index (Phi) is 2.83. The molecule has 0 fully saturated rings. The summed E-state index contributed by atoms with van der Waals surface area (Å²) >= 11 is 0. The molecule has 1 aromatic carbocycles. The van der Waals surface area contributed by atoms with E-state index >= 15 is 0 Å². The van der Waals surface area contributed by atoms with Crippen molar-refractivity contribution in [3.05, 3.63) is 35.9 Å². The quantitative estimate of drug-likeness (QED) is 0.665. The molecule has 0 spiro atoms. The Morgan fingerprint density at radius 3 is 2.33 bits per heavy atom. The van der Waals surface area contributed by atoms with E-state index in [0.717, 1.165) is 11.8 Å². The van der Waals surface area contributed by atoms with Crippen LogP contribution in [0.1, 0.15) is 5.56 Å². The Morgan fingerprint density at radius 1 is 1.25 bits per heavy atom. The van der Waals surface area contributed by atoms with Gasteiger partial charge < -0.3 is 0 Å². The Morgan fingerprint density at radius 2 is 1.83 bits per heavy atom. The largest absolute Gasteiger partial charge is 0.265 e. The van der Waals surface area contributed by atoms with Crippen molar-refractivity contribution in [2.24, 2.45) is 0 Å². The minimum Gasteiger partial charge on any atom is -0.265 e. The average Bonchev–Trinajstić information content (AvgIpc) is 2.02. The highest BCUT2D eigenvalue weighted by Gasteiger charge is 2.00. The molecule has 0 aromatic heterocycles. The van der Waals surface area contributed by atoms with E-state index in [0.29, 0.717) is 0 Å². The fourth-order valence-corrected chi connectivity index (χ4v) is 1.10. The van der Waals surface area contributed by atoms with E-state index in [1.807, 2.05) is 30.3 Å². The summed E-state index contributed by atoms with van der Waals surface area (Å²) in [5.74, 6) is 0. The molecule has 0 saturated carbocycles. The van der Waals surface area contributed by atoms with Crippen molar-refractivity contribution in [1.82, 2.24) is 0 Å². The van der Waals surface area contributed by atoms with E-state index in [2.05, 4.69) is 4.18 Å². The van der Waals surface area contributed by atoms with Gasteiger partial charge in [-0.25, -0.2) is 0 Å². The van der Waals surface area contributed by atoms with Gasteiger partial charge in [0.15, 0.2) is 0 Å². The molecule has 0 heterocycles. The number of hydrogen-bond acceptors (Lipinski definition) is 3. The molecule has 0 N–H and O–H groups in total. The van der Waals surface area contributed by atoms with E-state index in [9.17, 15) is 8.42 Å². The molecule has 0 amide bonds. The smallest absolute Gasteiger partial charge is 0.264 e. The molecule has 0 aliphatic carbocycles. The van der Waals surface area contributed by atoms with Crippen molar-refractivity contribution in [2.45, 2.75) is 6.61 Å².